The Bertz CT molecular complexity index is 1280. The molecule has 2 aromatic heterocycles. The first-order valence-electron chi connectivity index (χ1n) is 11.2. The number of aliphatic carboxylic acids is 2. The molecule has 0 unspecified atom stereocenters. The quantitative estimate of drug-likeness (QED) is 0.0807. The SMILES string of the molecule is CC(C)(O/N=C(\C(=O)N[C@H](C1OO1)[C@@H]1NC(C(=O)O)=C(C[n+]2ccccc2)CS1)c1csc(N)n1)C(=O)O. The van der Waals surface area contributed by atoms with Crippen molar-refractivity contribution in [1.82, 2.24) is 15.6 Å². The van der Waals surface area contributed by atoms with Gasteiger partial charge in [-0.15, -0.1) is 23.1 Å². The number of carbonyl (C=O) groups is 3. The number of carboxylic acids is 2. The van der Waals surface area contributed by atoms with E-state index in [1.807, 2.05) is 35.2 Å². The van der Waals surface area contributed by atoms with E-state index in [0.29, 0.717) is 17.9 Å². The molecule has 4 rings (SSSR count). The summed E-state index contributed by atoms with van der Waals surface area (Å²) < 4.78 is 1.86. The van der Waals surface area contributed by atoms with E-state index in [9.17, 15) is 24.6 Å². The number of carbonyl (C=O) groups excluding carboxylic acids is 1. The molecule has 6 N–H and O–H groups in total. The smallest absolute Gasteiger partial charge is 0.352 e. The zero-order valence-electron chi connectivity index (χ0n) is 20.2. The van der Waals surface area contributed by atoms with Gasteiger partial charge < -0.3 is 31.4 Å². The molecule has 0 aliphatic carbocycles. The van der Waals surface area contributed by atoms with Gasteiger partial charge in [-0.1, -0.05) is 11.2 Å². The van der Waals surface area contributed by atoms with Gasteiger partial charge in [0.1, 0.15) is 17.4 Å². The summed E-state index contributed by atoms with van der Waals surface area (Å²) in [5.74, 6) is -2.86. The van der Waals surface area contributed by atoms with E-state index < -0.39 is 41.2 Å². The van der Waals surface area contributed by atoms with E-state index in [0.717, 1.165) is 11.3 Å². The van der Waals surface area contributed by atoms with Crippen LogP contribution in [0.4, 0.5) is 5.13 Å². The molecule has 1 fully saturated rings. The van der Waals surface area contributed by atoms with E-state index in [1.54, 1.807) is 0 Å². The molecule has 14 nitrogen and oxygen atoms in total. The number of nitrogens with one attached hydrogen (secondary N) is 2. The van der Waals surface area contributed by atoms with Crippen molar-refractivity contribution in [2.24, 2.45) is 5.16 Å². The van der Waals surface area contributed by atoms with E-state index in [1.165, 1.54) is 31.0 Å². The molecule has 16 heteroatoms. The third kappa shape index (κ3) is 6.58. The van der Waals surface area contributed by atoms with Crippen LogP contribution >= 0.6 is 23.1 Å². The van der Waals surface area contributed by atoms with Crippen LogP contribution in [-0.2, 0) is 35.5 Å². The highest BCUT2D eigenvalue weighted by atomic mass is 32.2. The molecule has 202 valence electrons. The van der Waals surface area contributed by atoms with Gasteiger partial charge in [0.15, 0.2) is 29.8 Å². The van der Waals surface area contributed by atoms with Crippen molar-refractivity contribution >= 4 is 51.8 Å². The van der Waals surface area contributed by atoms with Gasteiger partial charge in [-0.25, -0.2) is 19.1 Å². The second-order valence-corrected chi connectivity index (χ2v) is 10.7. The highest BCUT2D eigenvalue weighted by Gasteiger charge is 2.45. The first-order chi connectivity index (χ1) is 18.0. The number of thioether (sulfide) groups is 1. The summed E-state index contributed by atoms with van der Waals surface area (Å²) >= 11 is 2.42. The van der Waals surface area contributed by atoms with Crippen molar-refractivity contribution < 1.29 is 43.8 Å². The van der Waals surface area contributed by atoms with Crippen molar-refractivity contribution in [3.05, 3.63) is 52.9 Å². The van der Waals surface area contributed by atoms with Crippen molar-refractivity contribution in [3.8, 4) is 0 Å². The second-order valence-electron chi connectivity index (χ2n) is 8.69. The Kier molecular flexibility index (Phi) is 8.15. The highest BCUT2D eigenvalue weighted by Crippen LogP contribution is 2.30. The number of nitrogens with zero attached hydrogens (tertiary/aromatic N) is 3. The fraction of sp³-hybridized carbons (Fsp3) is 0.364. The van der Waals surface area contributed by atoms with E-state index in [2.05, 4.69) is 20.8 Å². The van der Waals surface area contributed by atoms with Crippen molar-refractivity contribution in [1.29, 1.82) is 0 Å². The fourth-order valence-electron chi connectivity index (χ4n) is 3.30. The number of oxime groups is 1. The molecule has 0 saturated carbocycles. The number of nitrogen functional groups attached to an aromatic ring is 1. The van der Waals surface area contributed by atoms with Crippen LogP contribution in [0.3, 0.4) is 0 Å². The summed E-state index contributed by atoms with van der Waals surface area (Å²) in [4.78, 5) is 55.9. The Morgan fingerprint density at radius 3 is 2.61 bits per heavy atom. The minimum atomic E-state index is -1.73. The molecular formula is C22H25N6O8S2+. The molecule has 0 spiro atoms. The van der Waals surface area contributed by atoms with Gasteiger partial charge in [-0.3, -0.25) is 4.79 Å². The maximum atomic E-state index is 13.3. The Labute approximate surface area is 224 Å². The second kappa shape index (κ2) is 11.3. The number of anilines is 1. The van der Waals surface area contributed by atoms with Crippen LogP contribution in [0.1, 0.15) is 19.5 Å². The van der Waals surface area contributed by atoms with Gasteiger partial charge in [-0.2, -0.15) is 9.78 Å². The van der Waals surface area contributed by atoms with Crippen LogP contribution in [-0.4, -0.2) is 67.8 Å². The average Bonchev–Trinajstić information content (AvgIpc) is 3.63. The Balaban J connectivity index is 1.55. The minimum absolute atomic E-state index is 0.0118. The largest absolute Gasteiger partial charge is 0.478 e. The molecule has 0 aromatic carbocycles. The predicted octanol–water partition coefficient (Wildman–Crippen LogP) is 0.0708. The third-order valence-corrected chi connectivity index (χ3v) is 7.39. The molecule has 0 bridgehead atoms. The molecule has 2 aliphatic heterocycles. The van der Waals surface area contributed by atoms with Crippen molar-refractivity contribution in [2.75, 3.05) is 11.5 Å². The third-order valence-electron chi connectivity index (χ3n) is 5.43. The average molecular weight is 566 g/mol. The molecule has 1 saturated heterocycles. The summed E-state index contributed by atoms with van der Waals surface area (Å²) in [6.45, 7) is 2.90. The molecule has 1 amide bonds. The van der Waals surface area contributed by atoms with Crippen LogP contribution in [0, 0.1) is 0 Å². The Hall–Kier alpha value is -3.73. The molecule has 2 atom stereocenters. The number of aromatic nitrogens is 2. The van der Waals surface area contributed by atoms with Gasteiger partial charge in [0.2, 0.25) is 11.9 Å². The zero-order valence-corrected chi connectivity index (χ0v) is 21.8. The molecule has 2 aromatic rings. The lowest BCUT2D eigenvalue weighted by molar-refractivity contribution is -0.689. The molecule has 0 radical (unpaired) electrons. The lowest BCUT2D eigenvalue weighted by atomic mass is 10.1. The van der Waals surface area contributed by atoms with E-state index in [4.69, 9.17) is 20.3 Å². The maximum Gasteiger partial charge on any atom is 0.352 e. The normalized spacial score (nSPS) is 18.9. The van der Waals surface area contributed by atoms with Gasteiger partial charge in [0.25, 0.3) is 5.91 Å². The van der Waals surface area contributed by atoms with Crippen molar-refractivity contribution in [2.45, 2.75) is 43.7 Å². The van der Waals surface area contributed by atoms with Crippen LogP contribution in [0.15, 0.2) is 52.4 Å². The van der Waals surface area contributed by atoms with Crippen LogP contribution in [0.5, 0.6) is 0 Å². The zero-order chi connectivity index (χ0) is 27.4. The first kappa shape index (κ1) is 27.3. The van der Waals surface area contributed by atoms with E-state index >= 15 is 0 Å². The summed E-state index contributed by atoms with van der Waals surface area (Å²) in [6.07, 6.45) is 2.80. The number of rotatable bonds is 11. The minimum Gasteiger partial charge on any atom is -0.478 e. The number of nitrogens with two attached hydrogens (primary N) is 1. The number of thiazole rings is 1. The summed E-state index contributed by atoms with van der Waals surface area (Å²) in [6, 6.07) is 4.69. The van der Waals surface area contributed by atoms with Crippen LogP contribution in [0.25, 0.3) is 0 Å². The van der Waals surface area contributed by atoms with Gasteiger partial charge in [0.05, 0.1) is 5.37 Å². The summed E-state index contributed by atoms with van der Waals surface area (Å²) in [5, 5.41) is 29.6. The summed E-state index contributed by atoms with van der Waals surface area (Å²) in [7, 11) is 0. The predicted molar refractivity (Wildman–Crippen MR) is 134 cm³/mol. The lowest BCUT2D eigenvalue weighted by Crippen LogP contribution is -2.55. The number of hydrogen-bond donors (Lipinski definition) is 5. The lowest BCUT2D eigenvalue weighted by Gasteiger charge is -2.31. The molecule has 2 aliphatic rings. The number of hydrogen-bond acceptors (Lipinski definition) is 12. The van der Waals surface area contributed by atoms with Crippen LogP contribution < -0.4 is 20.9 Å². The highest BCUT2D eigenvalue weighted by molar-refractivity contribution is 8.00. The van der Waals surface area contributed by atoms with Crippen LogP contribution in [0.2, 0.25) is 0 Å². The van der Waals surface area contributed by atoms with E-state index in [-0.39, 0.29) is 22.2 Å². The molecular weight excluding hydrogens is 540 g/mol. The summed E-state index contributed by atoms with van der Waals surface area (Å²) in [5.41, 5.74) is 4.38. The number of carboxylic acid groups (broad SMARTS) is 2. The fourth-order valence-corrected chi connectivity index (χ4v) is 5.07. The number of pyridine rings is 1. The molecule has 4 heterocycles. The monoisotopic (exact) mass is 565 g/mol. The first-order valence-corrected chi connectivity index (χ1v) is 13.1. The standard InChI is InChI=1S/C22H24N6O8S2/c1-22(2,20(32)33)36-27-14(12-10-38-21(23)24-12)16(29)25-15(19-34-35-19)17-26-13(18(30)31)11(9-37-17)8-28-6-4-3-5-7-28/h3-7,10,15,17,19,26H,8-9H2,1-2H3,(H4-,23,24,25,29,30,31,32,33)/p+1/b27-14-/t15-,17+/m0/s1. The topological polar surface area (TPSA) is 205 Å². The maximum absolute atomic E-state index is 13.3. The number of amides is 1. The van der Waals surface area contributed by atoms with Gasteiger partial charge in [0, 0.05) is 28.8 Å². The van der Waals surface area contributed by atoms with Gasteiger partial charge in [-0.05, 0) is 13.8 Å². The molecule has 38 heavy (non-hydrogen) atoms. The Morgan fingerprint density at radius 1 is 1.32 bits per heavy atom. The Morgan fingerprint density at radius 2 is 2.03 bits per heavy atom. The van der Waals surface area contributed by atoms with Gasteiger partial charge >= 0.3 is 11.9 Å². The van der Waals surface area contributed by atoms with Crippen molar-refractivity contribution in [3.63, 3.8) is 0 Å².